The van der Waals surface area contributed by atoms with E-state index in [1.807, 2.05) is 61.5 Å². The Balaban J connectivity index is 1.73. The molecule has 4 aromatic rings. The molecule has 0 unspecified atom stereocenters. The van der Waals surface area contributed by atoms with Crippen molar-refractivity contribution < 1.29 is 22.7 Å². The highest BCUT2D eigenvalue weighted by Crippen LogP contribution is 2.34. The highest BCUT2D eigenvalue weighted by molar-refractivity contribution is 7.92. The number of benzene rings is 4. The van der Waals surface area contributed by atoms with E-state index in [-0.39, 0.29) is 10.6 Å². The molecule has 0 aromatic heterocycles. The standard InChI is InChI=1S/C30H30N2O5S/c1-22-12-10-11-17-26(22)30(23-13-6-4-7-14-23)31-29(33)21-32(38(34,35)25-15-8-5-9-16-25)24-18-19-27(36-2)28(20-24)37-3/h4-20,30H,21H2,1-3H3,(H,31,33)/t30-/m1/s1. The number of carbonyl (C=O) groups is 1. The number of ether oxygens (including phenoxy) is 2. The van der Waals surface area contributed by atoms with Gasteiger partial charge in [0, 0.05) is 6.07 Å². The number of aryl methyl sites for hydroxylation is 1. The fourth-order valence-electron chi connectivity index (χ4n) is 4.25. The van der Waals surface area contributed by atoms with E-state index in [0.717, 1.165) is 21.0 Å². The maximum absolute atomic E-state index is 13.8. The third-order valence-corrected chi connectivity index (χ3v) is 8.00. The Labute approximate surface area is 223 Å². The van der Waals surface area contributed by atoms with Gasteiger partial charge < -0.3 is 14.8 Å². The van der Waals surface area contributed by atoms with E-state index >= 15 is 0 Å². The first-order valence-electron chi connectivity index (χ1n) is 12.0. The van der Waals surface area contributed by atoms with Crippen molar-refractivity contribution in [2.24, 2.45) is 0 Å². The van der Waals surface area contributed by atoms with E-state index in [1.54, 1.807) is 36.4 Å². The second-order valence-electron chi connectivity index (χ2n) is 8.63. The van der Waals surface area contributed by atoms with Gasteiger partial charge in [-0.3, -0.25) is 9.10 Å². The van der Waals surface area contributed by atoms with Gasteiger partial charge >= 0.3 is 0 Å². The summed E-state index contributed by atoms with van der Waals surface area (Å²) < 4.78 is 39.3. The van der Waals surface area contributed by atoms with E-state index in [1.165, 1.54) is 26.4 Å². The zero-order valence-electron chi connectivity index (χ0n) is 21.5. The number of nitrogens with one attached hydrogen (secondary N) is 1. The SMILES string of the molecule is COc1ccc(N(CC(=O)N[C@H](c2ccccc2)c2ccccc2C)S(=O)(=O)c2ccccc2)cc1OC. The summed E-state index contributed by atoms with van der Waals surface area (Å²) in [4.78, 5) is 13.6. The molecule has 0 aliphatic rings. The average Bonchev–Trinajstić information content (AvgIpc) is 2.95. The first-order valence-corrected chi connectivity index (χ1v) is 13.5. The Bertz CT molecular complexity index is 1490. The molecule has 196 valence electrons. The molecule has 0 bridgehead atoms. The molecule has 0 aliphatic carbocycles. The van der Waals surface area contributed by atoms with Crippen molar-refractivity contribution in [2.75, 3.05) is 25.1 Å². The number of hydrogen-bond donors (Lipinski definition) is 1. The lowest BCUT2D eigenvalue weighted by molar-refractivity contribution is -0.120. The van der Waals surface area contributed by atoms with Crippen molar-refractivity contribution in [1.82, 2.24) is 5.32 Å². The second-order valence-corrected chi connectivity index (χ2v) is 10.5. The van der Waals surface area contributed by atoms with Gasteiger partial charge in [-0.15, -0.1) is 0 Å². The molecular formula is C30H30N2O5S. The largest absolute Gasteiger partial charge is 0.493 e. The molecule has 8 heteroatoms. The summed E-state index contributed by atoms with van der Waals surface area (Å²) in [7, 11) is -1.12. The minimum atomic E-state index is -4.09. The predicted molar refractivity (Wildman–Crippen MR) is 148 cm³/mol. The quantitative estimate of drug-likeness (QED) is 0.308. The minimum absolute atomic E-state index is 0.0705. The van der Waals surface area contributed by atoms with Crippen LogP contribution in [0, 0.1) is 6.92 Å². The maximum atomic E-state index is 13.8. The molecule has 0 saturated heterocycles. The second kappa shape index (κ2) is 11.8. The molecule has 0 fully saturated rings. The molecule has 0 radical (unpaired) electrons. The van der Waals surface area contributed by atoms with Crippen LogP contribution in [0.25, 0.3) is 0 Å². The third kappa shape index (κ3) is 5.81. The molecular weight excluding hydrogens is 500 g/mol. The fourth-order valence-corrected chi connectivity index (χ4v) is 5.68. The van der Waals surface area contributed by atoms with Crippen molar-refractivity contribution in [3.05, 3.63) is 120 Å². The Morgan fingerprint density at radius 3 is 2.05 bits per heavy atom. The van der Waals surface area contributed by atoms with Crippen LogP contribution < -0.4 is 19.1 Å². The molecule has 1 atom stereocenters. The molecule has 0 spiro atoms. The number of methoxy groups -OCH3 is 2. The fraction of sp³-hybridized carbons (Fsp3) is 0.167. The number of amides is 1. The summed E-state index contributed by atoms with van der Waals surface area (Å²) >= 11 is 0. The molecule has 1 amide bonds. The molecule has 4 rings (SSSR count). The number of sulfonamides is 1. The van der Waals surface area contributed by atoms with Crippen LogP contribution in [0.1, 0.15) is 22.7 Å². The Hall–Kier alpha value is -4.30. The van der Waals surface area contributed by atoms with E-state index in [4.69, 9.17) is 9.47 Å². The molecule has 7 nitrogen and oxygen atoms in total. The maximum Gasteiger partial charge on any atom is 0.264 e. The number of anilines is 1. The lowest BCUT2D eigenvalue weighted by atomic mass is 9.95. The number of hydrogen-bond acceptors (Lipinski definition) is 5. The predicted octanol–water partition coefficient (Wildman–Crippen LogP) is 5.11. The van der Waals surface area contributed by atoms with Crippen molar-refractivity contribution in [1.29, 1.82) is 0 Å². The molecule has 38 heavy (non-hydrogen) atoms. The summed E-state index contributed by atoms with van der Waals surface area (Å²) in [6.07, 6.45) is 0. The summed E-state index contributed by atoms with van der Waals surface area (Å²) in [6.45, 7) is 1.54. The van der Waals surface area contributed by atoms with Gasteiger partial charge in [0.05, 0.1) is 30.8 Å². The van der Waals surface area contributed by atoms with Crippen LogP contribution in [-0.2, 0) is 14.8 Å². The van der Waals surface area contributed by atoms with E-state index in [0.29, 0.717) is 11.5 Å². The Morgan fingerprint density at radius 2 is 1.42 bits per heavy atom. The van der Waals surface area contributed by atoms with Crippen molar-refractivity contribution in [2.45, 2.75) is 17.9 Å². The number of carbonyl (C=O) groups excluding carboxylic acids is 1. The lowest BCUT2D eigenvalue weighted by Crippen LogP contribution is -2.42. The van der Waals surface area contributed by atoms with Gasteiger partial charge in [0.25, 0.3) is 10.0 Å². The third-order valence-electron chi connectivity index (χ3n) is 6.21. The van der Waals surface area contributed by atoms with Crippen molar-refractivity contribution in [3.63, 3.8) is 0 Å². The van der Waals surface area contributed by atoms with Crippen molar-refractivity contribution >= 4 is 21.6 Å². The summed E-state index contributed by atoms with van der Waals surface area (Å²) in [5.41, 5.74) is 3.10. The molecule has 4 aromatic carbocycles. The van der Waals surface area contributed by atoms with E-state index in [9.17, 15) is 13.2 Å². The minimum Gasteiger partial charge on any atom is -0.493 e. The topological polar surface area (TPSA) is 84.9 Å². The van der Waals surface area contributed by atoms with Gasteiger partial charge in [0.2, 0.25) is 5.91 Å². The monoisotopic (exact) mass is 530 g/mol. The molecule has 0 saturated carbocycles. The molecule has 0 aliphatic heterocycles. The highest BCUT2D eigenvalue weighted by Gasteiger charge is 2.29. The number of nitrogens with zero attached hydrogens (tertiary/aromatic N) is 1. The van der Waals surface area contributed by atoms with Crippen LogP contribution in [0.15, 0.2) is 108 Å². The summed E-state index contributed by atoms with van der Waals surface area (Å²) in [5, 5.41) is 3.06. The number of rotatable bonds is 10. The first kappa shape index (κ1) is 26.8. The van der Waals surface area contributed by atoms with Crippen LogP contribution >= 0.6 is 0 Å². The van der Waals surface area contributed by atoms with E-state index in [2.05, 4.69) is 5.32 Å². The normalized spacial score (nSPS) is 11.9. The first-order chi connectivity index (χ1) is 18.3. The van der Waals surface area contributed by atoms with Gasteiger partial charge in [-0.25, -0.2) is 8.42 Å². The Kier molecular flexibility index (Phi) is 8.33. The van der Waals surface area contributed by atoms with Crippen LogP contribution in [0.4, 0.5) is 5.69 Å². The molecule has 0 heterocycles. The summed E-state index contributed by atoms with van der Waals surface area (Å²) in [6, 6.07) is 29.7. The van der Waals surface area contributed by atoms with Crippen molar-refractivity contribution in [3.8, 4) is 11.5 Å². The highest BCUT2D eigenvalue weighted by atomic mass is 32.2. The zero-order valence-corrected chi connectivity index (χ0v) is 22.3. The molecule has 1 N–H and O–H groups in total. The van der Waals surface area contributed by atoms with Gasteiger partial charge in [0.1, 0.15) is 6.54 Å². The van der Waals surface area contributed by atoms with Gasteiger partial charge in [-0.1, -0.05) is 72.8 Å². The van der Waals surface area contributed by atoms with E-state index < -0.39 is 28.5 Å². The van der Waals surface area contributed by atoms with Crippen LogP contribution in [-0.4, -0.2) is 35.1 Å². The Morgan fingerprint density at radius 1 is 0.816 bits per heavy atom. The van der Waals surface area contributed by atoms with Crippen LogP contribution in [0.2, 0.25) is 0 Å². The average molecular weight is 531 g/mol. The summed E-state index contributed by atoms with van der Waals surface area (Å²) in [5.74, 6) is 0.332. The lowest BCUT2D eigenvalue weighted by Gasteiger charge is -2.27. The smallest absolute Gasteiger partial charge is 0.264 e. The van der Waals surface area contributed by atoms with Crippen LogP contribution in [0.5, 0.6) is 11.5 Å². The zero-order chi connectivity index (χ0) is 27.1. The van der Waals surface area contributed by atoms with Crippen LogP contribution in [0.3, 0.4) is 0 Å². The van der Waals surface area contributed by atoms with Gasteiger partial charge in [-0.2, -0.15) is 0 Å². The van der Waals surface area contributed by atoms with Gasteiger partial charge in [0.15, 0.2) is 11.5 Å². The van der Waals surface area contributed by atoms with Gasteiger partial charge in [-0.05, 0) is 47.9 Å².